The average Bonchev–Trinajstić information content (AvgIpc) is 2.93. The van der Waals surface area contributed by atoms with Gasteiger partial charge in [-0.2, -0.15) is 0 Å². The molecule has 0 fully saturated rings. The summed E-state index contributed by atoms with van der Waals surface area (Å²) in [6.07, 6.45) is 0.456. The van der Waals surface area contributed by atoms with Crippen molar-refractivity contribution in [1.82, 2.24) is 10.6 Å². The standard InChI is InChI=1S/C31H34N2O5/c1-21(2)19-26(29(35)32-25(28(34)31(37)38-3)20-22-13-7-4-8-14-22)33-30(36)27(23-15-9-5-10-16-23)24-17-11-6-12-18-24/h4-18,21,25-27H,19-20H2,1-3H3,(H,32,35)(H,33,36)/t25-,26-/m0/s1. The predicted octanol–water partition coefficient (Wildman–Crippen LogP) is 3.82. The van der Waals surface area contributed by atoms with Gasteiger partial charge in [0.15, 0.2) is 0 Å². The van der Waals surface area contributed by atoms with Gasteiger partial charge in [0.1, 0.15) is 12.1 Å². The van der Waals surface area contributed by atoms with Gasteiger partial charge in [-0.15, -0.1) is 0 Å². The van der Waals surface area contributed by atoms with Crippen molar-refractivity contribution in [2.24, 2.45) is 5.92 Å². The summed E-state index contributed by atoms with van der Waals surface area (Å²) < 4.78 is 4.62. The second-order valence-electron chi connectivity index (χ2n) is 9.55. The molecule has 7 nitrogen and oxygen atoms in total. The van der Waals surface area contributed by atoms with Crippen molar-refractivity contribution in [3.63, 3.8) is 0 Å². The number of hydrogen-bond acceptors (Lipinski definition) is 5. The van der Waals surface area contributed by atoms with Crippen LogP contribution >= 0.6 is 0 Å². The van der Waals surface area contributed by atoms with E-state index >= 15 is 0 Å². The number of nitrogens with one attached hydrogen (secondary N) is 2. The maximum Gasteiger partial charge on any atom is 0.376 e. The van der Waals surface area contributed by atoms with E-state index in [1.807, 2.05) is 92.7 Å². The van der Waals surface area contributed by atoms with Crippen LogP contribution in [0.2, 0.25) is 0 Å². The summed E-state index contributed by atoms with van der Waals surface area (Å²) in [4.78, 5) is 52.0. The topological polar surface area (TPSA) is 102 Å². The van der Waals surface area contributed by atoms with Crippen molar-refractivity contribution < 1.29 is 23.9 Å². The molecule has 0 spiro atoms. The predicted molar refractivity (Wildman–Crippen MR) is 145 cm³/mol. The first-order valence-electron chi connectivity index (χ1n) is 12.7. The quantitative estimate of drug-likeness (QED) is 0.283. The lowest BCUT2D eigenvalue weighted by Gasteiger charge is -2.26. The first kappa shape index (κ1) is 28.3. The van der Waals surface area contributed by atoms with Crippen LogP contribution in [0.15, 0.2) is 91.0 Å². The SMILES string of the molecule is COC(=O)C(=O)[C@H](Cc1ccccc1)NC(=O)[C@H](CC(C)C)NC(=O)C(c1ccccc1)c1ccccc1. The molecule has 0 aliphatic carbocycles. The van der Waals surface area contributed by atoms with Crippen LogP contribution < -0.4 is 10.6 Å². The fourth-order valence-electron chi connectivity index (χ4n) is 4.32. The molecule has 0 radical (unpaired) electrons. The fourth-order valence-corrected chi connectivity index (χ4v) is 4.32. The third-order valence-electron chi connectivity index (χ3n) is 6.17. The number of methoxy groups -OCH3 is 1. The number of ether oxygens (including phenoxy) is 1. The van der Waals surface area contributed by atoms with E-state index in [-0.39, 0.29) is 18.2 Å². The summed E-state index contributed by atoms with van der Waals surface area (Å²) in [7, 11) is 1.12. The highest BCUT2D eigenvalue weighted by atomic mass is 16.5. The summed E-state index contributed by atoms with van der Waals surface area (Å²) >= 11 is 0. The fraction of sp³-hybridized carbons (Fsp3) is 0.290. The van der Waals surface area contributed by atoms with Crippen molar-refractivity contribution in [3.8, 4) is 0 Å². The van der Waals surface area contributed by atoms with Gasteiger partial charge >= 0.3 is 5.97 Å². The maximum atomic E-state index is 13.7. The highest BCUT2D eigenvalue weighted by Crippen LogP contribution is 2.25. The molecule has 0 aromatic heterocycles. The van der Waals surface area contributed by atoms with Gasteiger partial charge in [0.2, 0.25) is 11.8 Å². The van der Waals surface area contributed by atoms with Gasteiger partial charge in [-0.1, -0.05) is 105 Å². The first-order valence-corrected chi connectivity index (χ1v) is 12.7. The minimum atomic E-state index is -1.14. The highest BCUT2D eigenvalue weighted by molar-refractivity contribution is 6.36. The van der Waals surface area contributed by atoms with Gasteiger partial charge < -0.3 is 15.4 Å². The van der Waals surface area contributed by atoms with E-state index in [0.29, 0.717) is 6.42 Å². The lowest BCUT2D eigenvalue weighted by Crippen LogP contribution is -2.54. The van der Waals surface area contributed by atoms with Crippen molar-refractivity contribution in [1.29, 1.82) is 0 Å². The molecule has 0 aliphatic heterocycles. The van der Waals surface area contributed by atoms with Gasteiger partial charge in [-0.25, -0.2) is 4.79 Å². The molecule has 7 heteroatoms. The normalized spacial score (nSPS) is 12.4. The highest BCUT2D eigenvalue weighted by Gasteiger charge is 2.33. The van der Waals surface area contributed by atoms with E-state index in [0.717, 1.165) is 23.8 Å². The number of carbonyl (C=O) groups excluding carboxylic acids is 4. The largest absolute Gasteiger partial charge is 0.463 e. The van der Waals surface area contributed by atoms with Crippen LogP contribution in [-0.2, 0) is 30.3 Å². The van der Waals surface area contributed by atoms with Crippen molar-refractivity contribution >= 4 is 23.6 Å². The van der Waals surface area contributed by atoms with Crippen LogP contribution in [0.4, 0.5) is 0 Å². The molecule has 0 saturated carbocycles. The molecule has 2 amide bonds. The second-order valence-corrected chi connectivity index (χ2v) is 9.55. The lowest BCUT2D eigenvalue weighted by atomic mass is 9.90. The van der Waals surface area contributed by atoms with Gasteiger partial charge in [-0.05, 0) is 29.0 Å². The molecule has 38 heavy (non-hydrogen) atoms. The van der Waals surface area contributed by atoms with E-state index in [9.17, 15) is 19.2 Å². The maximum absolute atomic E-state index is 13.7. The average molecular weight is 515 g/mol. The number of carbonyl (C=O) groups is 4. The Morgan fingerprint density at radius 3 is 1.63 bits per heavy atom. The lowest BCUT2D eigenvalue weighted by molar-refractivity contribution is -0.153. The minimum absolute atomic E-state index is 0.0711. The Labute approximate surface area is 223 Å². The molecule has 198 valence electrons. The van der Waals surface area contributed by atoms with E-state index in [1.54, 1.807) is 12.1 Å². The minimum Gasteiger partial charge on any atom is -0.463 e. The number of rotatable bonds is 12. The number of Topliss-reactive ketones (excluding diaryl/α,β-unsaturated/α-hetero) is 1. The Balaban J connectivity index is 1.86. The van der Waals surface area contributed by atoms with Crippen LogP contribution in [-0.4, -0.2) is 42.8 Å². The molecule has 0 aliphatic rings. The number of hydrogen-bond donors (Lipinski definition) is 2. The molecular weight excluding hydrogens is 480 g/mol. The molecule has 3 aromatic carbocycles. The molecule has 2 atom stereocenters. The number of esters is 1. The van der Waals surface area contributed by atoms with Gasteiger partial charge in [0.25, 0.3) is 5.78 Å². The van der Waals surface area contributed by atoms with E-state index < -0.39 is 35.7 Å². The van der Waals surface area contributed by atoms with Crippen molar-refractivity contribution in [3.05, 3.63) is 108 Å². The Hall–Kier alpha value is -4.26. The van der Waals surface area contributed by atoms with E-state index in [4.69, 9.17) is 0 Å². The molecule has 3 rings (SSSR count). The molecule has 0 saturated heterocycles. The summed E-state index contributed by atoms with van der Waals surface area (Å²) in [6.45, 7) is 3.89. The zero-order valence-corrected chi connectivity index (χ0v) is 21.9. The molecule has 0 heterocycles. The molecule has 3 aromatic rings. The van der Waals surface area contributed by atoms with E-state index in [1.165, 1.54) is 0 Å². The Bertz CT molecular complexity index is 1170. The third kappa shape index (κ3) is 7.87. The number of amides is 2. The monoisotopic (exact) mass is 514 g/mol. The smallest absolute Gasteiger partial charge is 0.376 e. The van der Waals surface area contributed by atoms with Crippen LogP contribution in [0.1, 0.15) is 42.9 Å². The summed E-state index contributed by atoms with van der Waals surface area (Å²) in [5.41, 5.74) is 2.36. The van der Waals surface area contributed by atoms with Gasteiger partial charge in [-0.3, -0.25) is 14.4 Å². The summed E-state index contributed by atoms with van der Waals surface area (Å²) in [5, 5.41) is 5.62. The van der Waals surface area contributed by atoms with Crippen LogP contribution in [0.3, 0.4) is 0 Å². The summed E-state index contributed by atoms with van der Waals surface area (Å²) in [5.74, 6) is -3.32. The van der Waals surface area contributed by atoms with Crippen LogP contribution in [0, 0.1) is 5.92 Å². The Morgan fingerprint density at radius 2 is 1.16 bits per heavy atom. The molecular formula is C31H34N2O5. The molecule has 0 bridgehead atoms. The van der Waals surface area contributed by atoms with Gasteiger partial charge in [0.05, 0.1) is 13.0 Å². The molecule has 0 unspecified atom stereocenters. The Morgan fingerprint density at radius 1 is 0.684 bits per heavy atom. The number of ketones is 1. The van der Waals surface area contributed by atoms with Gasteiger partial charge in [0, 0.05) is 6.42 Å². The van der Waals surface area contributed by atoms with Crippen molar-refractivity contribution in [2.75, 3.05) is 7.11 Å². The number of benzene rings is 3. The van der Waals surface area contributed by atoms with Crippen LogP contribution in [0.25, 0.3) is 0 Å². The van der Waals surface area contributed by atoms with Crippen molar-refractivity contribution in [2.45, 2.75) is 44.7 Å². The zero-order valence-electron chi connectivity index (χ0n) is 21.9. The first-order chi connectivity index (χ1) is 18.3. The van der Waals surface area contributed by atoms with Crippen LogP contribution in [0.5, 0.6) is 0 Å². The molecule has 2 N–H and O–H groups in total. The Kier molecular flexibility index (Phi) is 10.3. The van der Waals surface area contributed by atoms with E-state index in [2.05, 4.69) is 15.4 Å². The summed E-state index contributed by atoms with van der Waals surface area (Å²) in [6, 6.07) is 25.7. The second kappa shape index (κ2) is 13.9. The zero-order chi connectivity index (χ0) is 27.5. The third-order valence-corrected chi connectivity index (χ3v) is 6.17.